The number of hydrogen-bond donors (Lipinski definition) is 1. The smallest absolute Gasteiger partial charge is 0.220 e. The van der Waals surface area contributed by atoms with Crippen molar-refractivity contribution in [3.8, 4) is 0 Å². The number of carbonyl (C=O) groups excluding carboxylic acids is 1. The summed E-state index contributed by atoms with van der Waals surface area (Å²) < 4.78 is 7.49. The SMILES string of the molecule is O=C1CCCc2cnnn2COC[C@@H](Cc2ccccc2)N1. The van der Waals surface area contributed by atoms with Gasteiger partial charge in [0, 0.05) is 6.42 Å². The fourth-order valence-electron chi connectivity index (χ4n) is 2.64. The zero-order chi connectivity index (χ0) is 15.2. The number of fused-ring (bicyclic) bond motifs is 1. The van der Waals surface area contributed by atoms with Crippen LogP contribution in [0.1, 0.15) is 24.1 Å². The van der Waals surface area contributed by atoms with Gasteiger partial charge in [0.25, 0.3) is 0 Å². The van der Waals surface area contributed by atoms with Crippen LogP contribution in [-0.2, 0) is 29.1 Å². The summed E-state index contributed by atoms with van der Waals surface area (Å²) in [7, 11) is 0. The first-order valence-electron chi connectivity index (χ1n) is 7.59. The molecule has 0 unspecified atom stereocenters. The molecule has 6 nitrogen and oxygen atoms in total. The molecule has 1 atom stereocenters. The number of aromatic nitrogens is 3. The van der Waals surface area contributed by atoms with Gasteiger partial charge >= 0.3 is 0 Å². The molecule has 22 heavy (non-hydrogen) atoms. The zero-order valence-corrected chi connectivity index (χ0v) is 12.4. The molecule has 2 heterocycles. The van der Waals surface area contributed by atoms with Gasteiger partial charge in [0.15, 0.2) is 0 Å². The molecular weight excluding hydrogens is 280 g/mol. The van der Waals surface area contributed by atoms with Crippen LogP contribution in [0.3, 0.4) is 0 Å². The van der Waals surface area contributed by atoms with Crippen molar-refractivity contribution in [1.29, 1.82) is 0 Å². The molecular formula is C16H20N4O2. The number of nitrogens with one attached hydrogen (secondary N) is 1. The number of nitrogens with zero attached hydrogens (tertiary/aromatic N) is 3. The van der Waals surface area contributed by atoms with Crippen LogP contribution in [0.25, 0.3) is 0 Å². The Balaban J connectivity index is 1.67. The molecule has 1 N–H and O–H groups in total. The molecule has 1 aliphatic heterocycles. The van der Waals surface area contributed by atoms with E-state index in [1.54, 1.807) is 10.9 Å². The lowest BCUT2D eigenvalue weighted by molar-refractivity contribution is -0.122. The van der Waals surface area contributed by atoms with E-state index in [1.807, 2.05) is 18.2 Å². The lowest BCUT2D eigenvalue weighted by Gasteiger charge is -2.18. The molecule has 3 rings (SSSR count). The first-order valence-corrected chi connectivity index (χ1v) is 7.59. The Morgan fingerprint density at radius 1 is 1.27 bits per heavy atom. The molecule has 0 saturated carbocycles. The minimum atomic E-state index is -0.0278. The van der Waals surface area contributed by atoms with Gasteiger partial charge in [-0.15, -0.1) is 5.10 Å². The van der Waals surface area contributed by atoms with Crippen LogP contribution in [0.4, 0.5) is 0 Å². The Kier molecular flexibility index (Phi) is 4.80. The Morgan fingerprint density at radius 3 is 3.00 bits per heavy atom. The second kappa shape index (κ2) is 7.17. The highest BCUT2D eigenvalue weighted by atomic mass is 16.5. The Labute approximate surface area is 129 Å². The number of aryl methyl sites for hydroxylation is 1. The fourth-order valence-corrected chi connectivity index (χ4v) is 2.64. The lowest BCUT2D eigenvalue weighted by Crippen LogP contribution is -2.39. The third-order valence-electron chi connectivity index (χ3n) is 3.76. The minimum Gasteiger partial charge on any atom is -0.357 e. The molecule has 2 aromatic rings. The van der Waals surface area contributed by atoms with E-state index in [0.29, 0.717) is 19.8 Å². The highest BCUT2D eigenvalue weighted by Crippen LogP contribution is 2.08. The molecule has 1 amide bonds. The Hall–Kier alpha value is -2.21. The molecule has 0 fully saturated rings. The van der Waals surface area contributed by atoms with Crippen LogP contribution in [0, 0.1) is 0 Å². The van der Waals surface area contributed by atoms with Crippen LogP contribution in [0.2, 0.25) is 0 Å². The molecule has 0 saturated heterocycles. The molecule has 1 aromatic heterocycles. The third kappa shape index (κ3) is 3.92. The van der Waals surface area contributed by atoms with Gasteiger partial charge in [0.1, 0.15) is 6.73 Å². The van der Waals surface area contributed by atoms with E-state index in [9.17, 15) is 4.79 Å². The van der Waals surface area contributed by atoms with Gasteiger partial charge in [-0.2, -0.15) is 0 Å². The van der Waals surface area contributed by atoms with Crippen LogP contribution in [0.5, 0.6) is 0 Å². The van der Waals surface area contributed by atoms with E-state index >= 15 is 0 Å². The maximum atomic E-state index is 12.1. The quantitative estimate of drug-likeness (QED) is 0.908. The molecule has 6 heteroatoms. The predicted molar refractivity (Wildman–Crippen MR) is 81.0 cm³/mol. The van der Waals surface area contributed by atoms with Gasteiger partial charge in [-0.1, -0.05) is 35.5 Å². The van der Waals surface area contributed by atoms with Gasteiger partial charge in [0.2, 0.25) is 5.91 Å². The highest BCUT2D eigenvalue weighted by molar-refractivity contribution is 5.76. The largest absolute Gasteiger partial charge is 0.357 e. The average Bonchev–Trinajstić information content (AvgIpc) is 2.94. The summed E-state index contributed by atoms with van der Waals surface area (Å²) in [6.07, 6.45) is 4.58. The van der Waals surface area contributed by atoms with E-state index in [2.05, 4.69) is 27.8 Å². The topological polar surface area (TPSA) is 69.0 Å². The van der Waals surface area contributed by atoms with Crippen LogP contribution in [0.15, 0.2) is 36.5 Å². The number of rotatable bonds is 2. The number of benzene rings is 1. The third-order valence-corrected chi connectivity index (χ3v) is 3.76. The summed E-state index contributed by atoms with van der Waals surface area (Å²) in [4.78, 5) is 12.1. The van der Waals surface area contributed by atoms with E-state index in [0.717, 1.165) is 25.0 Å². The molecule has 1 aliphatic rings. The van der Waals surface area contributed by atoms with Crippen molar-refractivity contribution >= 4 is 5.91 Å². The summed E-state index contributed by atoms with van der Waals surface area (Å²) in [5, 5.41) is 11.0. The van der Waals surface area contributed by atoms with Gasteiger partial charge in [-0.3, -0.25) is 4.79 Å². The number of carbonyl (C=O) groups is 1. The van der Waals surface area contributed by atoms with Gasteiger partial charge in [0.05, 0.1) is 24.5 Å². The lowest BCUT2D eigenvalue weighted by atomic mass is 10.1. The van der Waals surface area contributed by atoms with Crippen molar-refractivity contribution in [3.05, 3.63) is 47.8 Å². The van der Waals surface area contributed by atoms with Crippen LogP contribution in [-0.4, -0.2) is 33.5 Å². The van der Waals surface area contributed by atoms with E-state index in [1.165, 1.54) is 5.56 Å². The van der Waals surface area contributed by atoms with Crippen molar-refractivity contribution in [2.75, 3.05) is 6.61 Å². The first-order chi connectivity index (χ1) is 10.8. The van der Waals surface area contributed by atoms with E-state index in [4.69, 9.17) is 4.74 Å². The highest BCUT2D eigenvalue weighted by Gasteiger charge is 2.16. The van der Waals surface area contributed by atoms with E-state index < -0.39 is 0 Å². The summed E-state index contributed by atoms with van der Waals surface area (Å²) >= 11 is 0. The predicted octanol–water partition coefficient (Wildman–Crippen LogP) is 1.32. The second-order valence-electron chi connectivity index (χ2n) is 5.53. The number of ether oxygens (including phenoxy) is 1. The second-order valence-corrected chi connectivity index (χ2v) is 5.53. The zero-order valence-electron chi connectivity index (χ0n) is 12.4. The van der Waals surface area contributed by atoms with E-state index in [-0.39, 0.29) is 11.9 Å². The summed E-state index contributed by atoms with van der Waals surface area (Å²) in [5.41, 5.74) is 2.20. The first kappa shape index (κ1) is 14.7. The molecule has 1 aromatic carbocycles. The number of hydrogen-bond acceptors (Lipinski definition) is 4. The van der Waals surface area contributed by atoms with Gasteiger partial charge < -0.3 is 10.1 Å². The summed E-state index contributed by atoms with van der Waals surface area (Å²) in [6, 6.07) is 10.1. The molecule has 0 spiro atoms. The normalized spacial score (nSPS) is 19.8. The average molecular weight is 300 g/mol. The van der Waals surface area contributed by atoms with Crippen molar-refractivity contribution in [3.63, 3.8) is 0 Å². The van der Waals surface area contributed by atoms with Gasteiger partial charge in [-0.25, -0.2) is 4.68 Å². The summed E-state index contributed by atoms with van der Waals surface area (Å²) in [5.74, 6) is 0.0745. The standard InChI is InChI=1S/C16H20N4O2/c21-16-8-4-7-15-10-17-19-20(15)12-22-11-14(18-16)9-13-5-2-1-3-6-13/h1-3,5-6,10,14H,4,7-9,11-12H2,(H,18,21)/t14-/m1/s1. The maximum Gasteiger partial charge on any atom is 0.220 e. The molecule has 116 valence electrons. The fraction of sp³-hybridized carbons (Fsp3) is 0.438. The molecule has 0 bridgehead atoms. The van der Waals surface area contributed by atoms with Crippen LogP contribution >= 0.6 is 0 Å². The minimum absolute atomic E-state index is 0.0278. The Morgan fingerprint density at radius 2 is 2.14 bits per heavy atom. The Bertz CT molecular complexity index is 612. The summed E-state index contributed by atoms with van der Waals surface area (Å²) in [6.45, 7) is 0.830. The monoisotopic (exact) mass is 300 g/mol. The maximum absolute atomic E-state index is 12.1. The van der Waals surface area contributed by atoms with Crippen molar-refractivity contribution < 1.29 is 9.53 Å². The van der Waals surface area contributed by atoms with Crippen molar-refractivity contribution in [1.82, 2.24) is 20.3 Å². The van der Waals surface area contributed by atoms with Crippen molar-refractivity contribution in [2.24, 2.45) is 0 Å². The number of amides is 1. The van der Waals surface area contributed by atoms with Crippen molar-refractivity contribution in [2.45, 2.75) is 38.5 Å². The molecule has 0 aliphatic carbocycles. The van der Waals surface area contributed by atoms with Crippen LogP contribution < -0.4 is 5.32 Å². The molecule has 0 radical (unpaired) electrons. The van der Waals surface area contributed by atoms with Gasteiger partial charge in [-0.05, 0) is 24.8 Å².